The molecule has 1 rings (SSSR count). The van der Waals surface area contributed by atoms with E-state index < -0.39 is 0 Å². The van der Waals surface area contributed by atoms with Crippen LogP contribution in [0.5, 0.6) is 0 Å². The van der Waals surface area contributed by atoms with Crippen LogP contribution in [0.2, 0.25) is 0 Å². The first-order chi connectivity index (χ1) is 5.72. The molecule has 70 valence electrons. The zero-order valence-electron chi connectivity index (χ0n) is 7.89. The molecular weight excluding hydrogens is 152 g/mol. The summed E-state index contributed by atoms with van der Waals surface area (Å²) in [6, 6.07) is 0.484. The molecule has 1 amide bonds. The summed E-state index contributed by atoms with van der Waals surface area (Å²) in [5.74, 6) is 0.868. The molecule has 0 unspecified atom stereocenters. The summed E-state index contributed by atoms with van der Waals surface area (Å²) in [4.78, 5) is 10.8. The van der Waals surface area contributed by atoms with E-state index in [0.717, 1.165) is 18.9 Å². The molecule has 3 heteroatoms. The molecule has 1 aliphatic heterocycles. The standard InChI is InChI=1S/C9H18N2O/c1-3-7(2)4-8-5-11-9(12)6-10-8/h7-8,10H,3-6H2,1-2H3,(H,11,12)/t7-,8-/m0/s1. The first kappa shape index (κ1) is 9.52. The second-order valence-corrected chi connectivity index (χ2v) is 3.63. The zero-order valence-corrected chi connectivity index (χ0v) is 7.89. The number of hydrogen-bond acceptors (Lipinski definition) is 2. The lowest BCUT2D eigenvalue weighted by Gasteiger charge is -2.26. The van der Waals surface area contributed by atoms with E-state index >= 15 is 0 Å². The van der Waals surface area contributed by atoms with Gasteiger partial charge in [0.15, 0.2) is 0 Å². The third-order valence-corrected chi connectivity index (χ3v) is 2.48. The normalized spacial score (nSPS) is 26.5. The van der Waals surface area contributed by atoms with Crippen LogP contribution in [-0.4, -0.2) is 25.0 Å². The highest BCUT2D eigenvalue weighted by molar-refractivity contribution is 5.78. The van der Waals surface area contributed by atoms with Crippen molar-refractivity contribution in [1.29, 1.82) is 0 Å². The fraction of sp³-hybridized carbons (Fsp3) is 0.889. The molecule has 1 fully saturated rings. The van der Waals surface area contributed by atoms with Crippen molar-refractivity contribution in [1.82, 2.24) is 10.6 Å². The molecule has 1 aliphatic rings. The Bertz CT molecular complexity index is 149. The van der Waals surface area contributed by atoms with Crippen LogP contribution in [-0.2, 0) is 4.79 Å². The van der Waals surface area contributed by atoms with Gasteiger partial charge in [0.05, 0.1) is 6.54 Å². The summed E-state index contributed by atoms with van der Waals surface area (Å²) < 4.78 is 0. The first-order valence-electron chi connectivity index (χ1n) is 4.72. The molecule has 2 atom stereocenters. The molecule has 0 aromatic heterocycles. The van der Waals surface area contributed by atoms with Crippen LogP contribution >= 0.6 is 0 Å². The SMILES string of the molecule is CC[C@H](C)C[C@H]1CNC(=O)CN1. The van der Waals surface area contributed by atoms with E-state index in [9.17, 15) is 4.79 Å². The van der Waals surface area contributed by atoms with E-state index in [0.29, 0.717) is 12.6 Å². The Morgan fingerprint density at radius 1 is 1.67 bits per heavy atom. The average Bonchev–Trinajstić information content (AvgIpc) is 2.09. The fourth-order valence-corrected chi connectivity index (χ4v) is 1.43. The van der Waals surface area contributed by atoms with Gasteiger partial charge >= 0.3 is 0 Å². The number of hydrogen-bond donors (Lipinski definition) is 2. The van der Waals surface area contributed by atoms with Crippen molar-refractivity contribution in [3.05, 3.63) is 0 Å². The van der Waals surface area contributed by atoms with Gasteiger partial charge in [0, 0.05) is 12.6 Å². The van der Waals surface area contributed by atoms with Crippen LogP contribution in [0, 0.1) is 5.92 Å². The number of piperazine rings is 1. The molecule has 0 aromatic carbocycles. The maximum Gasteiger partial charge on any atom is 0.234 e. The molecule has 12 heavy (non-hydrogen) atoms. The van der Waals surface area contributed by atoms with Crippen molar-refractivity contribution in [3.8, 4) is 0 Å². The van der Waals surface area contributed by atoms with Crippen LogP contribution in [0.4, 0.5) is 0 Å². The number of carbonyl (C=O) groups is 1. The van der Waals surface area contributed by atoms with Crippen molar-refractivity contribution in [3.63, 3.8) is 0 Å². The maximum atomic E-state index is 10.8. The van der Waals surface area contributed by atoms with Crippen LogP contribution in [0.3, 0.4) is 0 Å². The van der Waals surface area contributed by atoms with Gasteiger partial charge < -0.3 is 10.6 Å². The molecule has 0 bridgehead atoms. The van der Waals surface area contributed by atoms with Gasteiger partial charge in [-0.1, -0.05) is 20.3 Å². The van der Waals surface area contributed by atoms with E-state index in [1.807, 2.05) is 0 Å². The summed E-state index contributed by atoms with van der Waals surface area (Å²) in [6.07, 6.45) is 2.38. The van der Waals surface area contributed by atoms with Crippen LogP contribution in [0.15, 0.2) is 0 Å². The topological polar surface area (TPSA) is 41.1 Å². The smallest absolute Gasteiger partial charge is 0.234 e. The second kappa shape index (κ2) is 4.45. The maximum absolute atomic E-state index is 10.8. The van der Waals surface area contributed by atoms with Crippen molar-refractivity contribution in [2.45, 2.75) is 32.7 Å². The summed E-state index contributed by atoms with van der Waals surface area (Å²) in [5, 5.41) is 6.08. The Morgan fingerprint density at radius 2 is 2.42 bits per heavy atom. The van der Waals surface area contributed by atoms with E-state index in [4.69, 9.17) is 0 Å². The Hall–Kier alpha value is -0.570. The highest BCUT2D eigenvalue weighted by atomic mass is 16.2. The van der Waals surface area contributed by atoms with E-state index in [2.05, 4.69) is 24.5 Å². The lowest BCUT2D eigenvalue weighted by molar-refractivity contribution is -0.121. The van der Waals surface area contributed by atoms with Crippen LogP contribution in [0.25, 0.3) is 0 Å². The van der Waals surface area contributed by atoms with Gasteiger partial charge in [-0.3, -0.25) is 4.79 Å². The molecular formula is C9H18N2O. The van der Waals surface area contributed by atoms with Crippen molar-refractivity contribution >= 4 is 5.91 Å². The average molecular weight is 170 g/mol. The summed E-state index contributed by atoms with van der Waals surface area (Å²) in [5.41, 5.74) is 0. The minimum Gasteiger partial charge on any atom is -0.353 e. The molecule has 0 saturated carbocycles. The van der Waals surface area contributed by atoms with E-state index in [-0.39, 0.29) is 5.91 Å². The van der Waals surface area contributed by atoms with E-state index in [1.54, 1.807) is 0 Å². The van der Waals surface area contributed by atoms with Crippen LogP contribution in [0.1, 0.15) is 26.7 Å². The summed E-state index contributed by atoms with van der Waals surface area (Å²) in [7, 11) is 0. The van der Waals surface area contributed by atoms with Gasteiger partial charge in [0.25, 0.3) is 0 Å². The van der Waals surface area contributed by atoms with Gasteiger partial charge in [-0.2, -0.15) is 0 Å². The second-order valence-electron chi connectivity index (χ2n) is 3.63. The van der Waals surface area contributed by atoms with Gasteiger partial charge in [-0.15, -0.1) is 0 Å². The molecule has 0 radical (unpaired) electrons. The quantitative estimate of drug-likeness (QED) is 0.648. The largest absolute Gasteiger partial charge is 0.353 e. The predicted octanol–water partition coefficient (Wildman–Crippen LogP) is 0.511. The highest BCUT2D eigenvalue weighted by Crippen LogP contribution is 2.10. The third-order valence-electron chi connectivity index (χ3n) is 2.48. The predicted molar refractivity (Wildman–Crippen MR) is 48.9 cm³/mol. The van der Waals surface area contributed by atoms with Crippen molar-refractivity contribution in [2.75, 3.05) is 13.1 Å². The van der Waals surface area contributed by atoms with Gasteiger partial charge in [-0.25, -0.2) is 0 Å². The monoisotopic (exact) mass is 170 g/mol. The summed E-state index contributed by atoms with van der Waals surface area (Å²) in [6.45, 7) is 5.73. The Morgan fingerprint density at radius 3 is 2.92 bits per heavy atom. The Balaban J connectivity index is 2.21. The van der Waals surface area contributed by atoms with Gasteiger partial charge in [0.2, 0.25) is 5.91 Å². The van der Waals surface area contributed by atoms with Crippen LogP contribution < -0.4 is 10.6 Å². The first-order valence-corrected chi connectivity index (χ1v) is 4.72. The Kier molecular flexibility index (Phi) is 3.53. The number of nitrogens with one attached hydrogen (secondary N) is 2. The number of carbonyl (C=O) groups excluding carboxylic acids is 1. The molecule has 3 nitrogen and oxygen atoms in total. The highest BCUT2D eigenvalue weighted by Gasteiger charge is 2.18. The van der Waals surface area contributed by atoms with Gasteiger partial charge in [0.1, 0.15) is 0 Å². The number of rotatable bonds is 3. The minimum atomic E-state index is 0.121. The molecule has 0 aromatic rings. The molecule has 0 aliphatic carbocycles. The third kappa shape index (κ3) is 2.81. The molecule has 0 spiro atoms. The summed E-state index contributed by atoms with van der Waals surface area (Å²) >= 11 is 0. The number of amides is 1. The molecule has 2 N–H and O–H groups in total. The minimum absolute atomic E-state index is 0.121. The van der Waals surface area contributed by atoms with E-state index in [1.165, 1.54) is 6.42 Å². The zero-order chi connectivity index (χ0) is 8.97. The molecule has 1 saturated heterocycles. The fourth-order valence-electron chi connectivity index (χ4n) is 1.43. The van der Waals surface area contributed by atoms with Crippen molar-refractivity contribution in [2.24, 2.45) is 5.92 Å². The van der Waals surface area contributed by atoms with Crippen molar-refractivity contribution < 1.29 is 4.79 Å². The Labute approximate surface area is 73.9 Å². The van der Waals surface area contributed by atoms with Gasteiger partial charge in [-0.05, 0) is 12.3 Å². The lowest BCUT2D eigenvalue weighted by Crippen LogP contribution is -2.52. The lowest BCUT2D eigenvalue weighted by atomic mass is 9.98. The molecule has 1 heterocycles.